The van der Waals surface area contributed by atoms with Gasteiger partial charge in [-0.15, -0.1) is 0 Å². The van der Waals surface area contributed by atoms with E-state index in [0.717, 1.165) is 11.1 Å². The van der Waals surface area contributed by atoms with Gasteiger partial charge in [-0.25, -0.2) is 4.98 Å². The quantitative estimate of drug-likeness (QED) is 0.402. The van der Waals surface area contributed by atoms with Gasteiger partial charge in [0, 0.05) is 24.5 Å². The van der Waals surface area contributed by atoms with Gasteiger partial charge in [0.15, 0.2) is 11.4 Å². The van der Waals surface area contributed by atoms with Crippen molar-refractivity contribution in [3.8, 4) is 11.5 Å². The molecule has 34 heavy (non-hydrogen) atoms. The SMILES string of the molecule is COc1ccc(OC)c(CNC(=O)c2ccc(Cn3c(=O)c4cccn4c4cccnc43)o2)c1. The number of nitrogens with zero attached hydrogens (tertiary/aromatic N) is 3. The summed E-state index contributed by atoms with van der Waals surface area (Å²) in [5, 5.41) is 2.83. The molecule has 0 bridgehead atoms. The zero-order valence-electron chi connectivity index (χ0n) is 18.6. The summed E-state index contributed by atoms with van der Waals surface area (Å²) in [5.41, 5.74) is 2.45. The molecule has 0 aliphatic rings. The van der Waals surface area contributed by atoms with Gasteiger partial charge in [-0.2, -0.15) is 0 Å². The highest BCUT2D eigenvalue weighted by Gasteiger charge is 2.16. The lowest BCUT2D eigenvalue weighted by Crippen LogP contribution is -2.24. The van der Waals surface area contributed by atoms with Crippen LogP contribution in [0.5, 0.6) is 11.5 Å². The van der Waals surface area contributed by atoms with Crippen LogP contribution in [-0.4, -0.2) is 34.1 Å². The second kappa shape index (κ2) is 8.78. The van der Waals surface area contributed by atoms with E-state index < -0.39 is 0 Å². The van der Waals surface area contributed by atoms with Crippen LogP contribution in [0.15, 0.2) is 76.2 Å². The summed E-state index contributed by atoms with van der Waals surface area (Å²) in [6.07, 6.45) is 3.47. The van der Waals surface area contributed by atoms with E-state index in [1.54, 1.807) is 61.4 Å². The zero-order chi connectivity index (χ0) is 23.7. The number of fused-ring (bicyclic) bond motifs is 3. The number of amides is 1. The van der Waals surface area contributed by atoms with Gasteiger partial charge >= 0.3 is 0 Å². The first-order valence-corrected chi connectivity index (χ1v) is 10.6. The van der Waals surface area contributed by atoms with E-state index in [0.29, 0.717) is 28.4 Å². The molecule has 1 N–H and O–H groups in total. The zero-order valence-corrected chi connectivity index (χ0v) is 18.6. The number of pyridine rings is 1. The van der Waals surface area contributed by atoms with E-state index in [1.165, 1.54) is 0 Å². The number of benzene rings is 1. The molecule has 0 saturated carbocycles. The Kier molecular flexibility index (Phi) is 5.51. The Hall–Kier alpha value is -4.53. The molecule has 0 saturated heterocycles. The fourth-order valence-corrected chi connectivity index (χ4v) is 3.95. The molecule has 0 spiro atoms. The molecule has 5 aromatic rings. The number of ether oxygens (including phenoxy) is 2. The maximum Gasteiger partial charge on any atom is 0.287 e. The Labute approximate surface area is 194 Å². The smallest absolute Gasteiger partial charge is 0.287 e. The van der Waals surface area contributed by atoms with Crippen LogP contribution in [0.1, 0.15) is 21.9 Å². The van der Waals surface area contributed by atoms with Crippen LogP contribution in [-0.2, 0) is 13.1 Å². The first-order valence-electron chi connectivity index (χ1n) is 10.6. The molecule has 4 aromatic heterocycles. The number of furan rings is 1. The lowest BCUT2D eigenvalue weighted by atomic mass is 10.2. The number of rotatable bonds is 7. The van der Waals surface area contributed by atoms with E-state index in [9.17, 15) is 9.59 Å². The van der Waals surface area contributed by atoms with Crippen molar-refractivity contribution in [2.75, 3.05) is 14.2 Å². The van der Waals surface area contributed by atoms with Gasteiger partial charge in [0.05, 0.1) is 26.3 Å². The van der Waals surface area contributed by atoms with Crippen molar-refractivity contribution >= 4 is 22.6 Å². The lowest BCUT2D eigenvalue weighted by molar-refractivity contribution is 0.0921. The highest BCUT2D eigenvalue weighted by molar-refractivity contribution is 5.91. The number of hydrogen-bond donors (Lipinski definition) is 1. The third kappa shape index (κ3) is 3.77. The first-order chi connectivity index (χ1) is 16.6. The number of methoxy groups -OCH3 is 2. The molecule has 0 fully saturated rings. The minimum atomic E-state index is -0.381. The number of carbonyl (C=O) groups is 1. The Balaban J connectivity index is 1.38. The van der Waals surface area contributed by atoms with Crippen LogP contribution in [0.4, 0.5) is 0 Å². The highest BCUT2D eigenvalue weighted by Crippen LogP contribution is 2.24. The van der Waals surface area contributed by atoms with Crippen molar-refractivity contribution in [1.29, 1.82) is 0 Å². The normalized spacial score (nSPS) is 11.1. The van der Waals surface area contributed by atoms with Gasteiger partial charge in [-0.3, -0.25) is 14.2 Å². The molecule has 0 aliphatic heterocycles. The molecule has 9 nitrogen and oxygen atoms in total. The summed E-state index contributed by atoms with van der Waals surface area (Å²) in [6.45, 7) is 0.374. The van der Waals surface area contributed by atoms with Gasteiger partial charge in [0.1, 0.15) is 22.8 Å². The van der Waals surface area contributed by atoms with E-state index in [-0.39, 0.29) is 30.3 Å². The Morgan fingerprint density at radius 3 is 2.74 bits per heavy atom. The fraction of sp³-hybridized carbons (Fsp3) is 0.160. The summed E-state index contributed by atoms with van der Waals surface area (Å²) >= 11 is 0. The summed E-state index contributed by atoms with van der Waals surface area (Å²) in [4.78, 5) is 30.2. The molecule has 0 atom stereocenters. The maximum atomic E-state index is 13.1. The van der Waals surface area contributed by atoms with Crippen LogP contribution in [0.3, 0.4) is 0 Å². The number of carbonyl (C=O) groups excluding carboxylic acids is 1. The molecule has 1 aromatic carbocycles. The van der Waals surface area contributed by atoms with E-state index in [2.05, 4.69) is 10.3 Å². The maximum absolute atomic E-state index is 13.1. The van der Waals surface area contributed by atoms with Crippen molar-refractivity contribution in [2.45, 2.75) is 13.1 Å². The predicted molar refractivity (Wildman–Crippen MR) is 125 cm³/mol. The van der Waals surface area contributed by atoms with Gasteiger partial charge in [0.25, 0.3) is 11.5 Å². The van der Waals surface area contributed by atoms with Crippen LogP contribution in [0.2, 0.25) is 0 Å². The van der Waals surface area contributed by atoms with Crippen LogP contribution in [0.25, 0.3) is 16.7 Å². The standard InChI is InChI=1S/C25H22N4O5/c1-32-17-7-9-21(33-2)16(13-17)14-27-24(30)22-10-8-18(34-22)15-29-23-19(5-3-11-26-23)28-12-4-6-20(28)25(29)31/h3-13H,14-15H2,1-2H3,(H,27,30). The molecule has 0 unspecified atom stereocenters. The lowest BCUT2D eigenvalue weighted by Gasteiger charge is -2.11. The second-order valence-electron chi connectivity index (χ2n) is 7.63. The molecular weight excluding hydrogens is 436 g/mol. The van der Waals surface area contributed by atoms with Crippen molar-refractivity contribution in [1.82, 2.24) is 19.3 Å². The third-order valence-electron chi connectivity index (χ3n) is 5.62. The Bertz CT molecular complexity index is 1560. The monoisotopic (exact) mass is 458 g/mol. The molecule has 9 heteroatoms. The highest BCUT2D eigenvalue weighted by atomic mass is 16.5. The average Bonchev–Trinajstić information content (AvgIpc) is 3.55. The molecule has 5 rings (SSSR count). The topological polar surface area (TPSA) is 100 Å². The van der Waals surface area contributed by atoms with Crippen molar-refractivity contribution in [3.63, 3.8) is 0 Å². The molecule has 1 amide bonds. The predicted octanol–water partition coefficient (Wildman–Crippen LogP) is 3.24. The van der Waals surface area contributed by atoms with Gasteiger partial charge in [-0.1, -0.05) is 0 Å². The first kappa shape index (κ1) is 21.3. The third-order valence-corrected chi connectivity index (χ3v) is 5.62. The molecule has 4 heterocycles. The largest absolute Gasteiger partial charge is 0.497 e. The Morgan fingerprint density at radius 1 is 1.06 bits per heavy atom. The second-order valence-corrected chi connectivity index (χ2v) is 7.63. The van der Waals surface area contributed by atoms with E-state index >= 15 is 0 Å². The fourth-order valence-electron chi connectivity index (χ4n) is 3.95. The number of hydrogen-bond acceptors (Lipinski definition) is 6. The average molecular weight is 458 g/mol. The summed E-state index contributed by atoms with van der Waals surface area (Å²) in [5.74, 6) is 1.53. The number of nitrogens with one attached hydrogen (secondary N) is 1. The van der Waals surface area contributed by atoms with Crippen LogP contribution in [0, 0.1) is 0 Å². The Morgan fingerprint density at radius 2 is 1.91 bits per heavy atom. The molecule has 0 aliphatic carbocycles. The van der Waals surface area contributed by atoms with Gasteiger partial charge in [-0.05, 0) is 54.6 Å². The van der Waals surface area contributed by atoms with Gasteiger partial charge in [0.2, 0.25) is 0 Å². The van der Waals surface area contributed by atoms with Crippen LogP contribution >= 0.6 is 0 Å². The van der Waals surface area contributed by atoms with E-state index in [4.69, 9.17) is 13.9 Å². The number of aromatic nitrogens is 3. The van der Waals surface area contributed by atoms with Crippen molar-refractivity contribution in [3.05, 3.63) is 94.4 Å². The molecule has 172 valence electrons. The van der Waals surface area contributed by atoms with Gasteiger partial charge < -0.3 is 23.6 Å². The summed E-state index contributed by atoms with van der Waals surface area (Å²) in [7, 11) is 3.14. The van der Waals surface area contributed by atoms with Crippen LogP contribution < -0.4 is 20.3 Å². The summed E-state index contributed by atoms with van der Waals surface area (Å²) in [6, 6.07) is 15.9. The molecule has 0 radical (unpaired) electrons. The molecular formula is C25H22N4O5. The van der Waals surface area contributed by atoms with E-state index in [1.807, 2.05) is 28.8 Å². The van der Waals surface area contributed by atoms with Crippen molar-refractivity contribution in [2.24, 2.45) is 0 Å². The minimum Gasteiger partial charge on any atom is -0.497 e. The van der Waals surface area contributed by atoms with Crippen molar-refractivity contribution < 1.29 is 18.7 Å². The summed E-state index contributed by atoms with van der Waals surface area (Å²) < 4.78 is 19.7. The minimum absolute atomic E-state index is 0.144.